The summed E-state index contributed by atoms with van der Waals surface area (Å²) in [5.41, 5.74) is 2.91. The monoisotopic (exact) mass is 251 g/mol. The van der Waals surface area contributed by atoms with Crippen molar-refractivity contribution >= 4 is 0 Å². The second-order valence-corrected chi connectivity index (χ2v) is 5.42. The van der Waals surface area contributed by atoms with Crippen LogP contribution < -0.4 is 0 Å². The zero-order valence-electron chi connectivity index (χ0n) is 11.3. The van der Waals surface area contributed by atoms with Gasteiger partial charge < -0.3 is 0 Å². The summed E-state index contributed by atoms with van der Waals surface area (Å²) in [5, 5.41) is 0. The number of benzene rings is 2. The molecule has 0 spiro atoms. The van der Waals surface area contributed by atoms with Gasteiger partial charge in [0.05, 0.1) is 0 Å². The molecule has 1 aliphatic rings. The maximum absolute atomic E-state index is 2.62. The van der Waals surface area contributed by atoms with Crippen LogP contribution in [0.3, 0.4) is 0 Å². The predicted molar refractivity (Wildman–Crippen MR) is 80.3 cm³/mol. The quantitative estimate of drug-likeness (QED) is 0.785. The van der Waals surface area contributed by atoms with E-state index >= 15 is 0 Å². The highest BCUT2D eigenvalue weighted by atomic mass is 15.2. The topological polar surface area (TPSA) is 3.24 Å². The normalized spacial score (nSPS) is 15.4. The SMILES string of the molecule is c1ccc(CC(Cc2ccccc2)N2CCC2)cc1. The van der Waals surface area contributed by atoms with Gasteiger partial charge in [0, 0.05) is 6.04 Å². The van der Waals surface area contributed by atoms with Crippen LogP contribution >= 0.6 is 0 Å². The molecule has 1 aliphatic heterocycles. The second kappa shape index (κ2) is 6.03. The van der Waals surface area contributed by atoms with Gasteiger partial charge in [-0.2, -0.15) is 0 Å². The van der Waals surface area contributed by atoms with E-state index in [1.165, 1.54) is 30.6 Å². The van der Waals surface area contributed by atoms with Crippen LogP contribution in [0.4, 0.5) is 0 Å². The maximum atomic E-state index is 2.62. The average molecular weight is 251 g/mol. The first-order valence-electron chi connectivity index (χ1n) is 7.24. The van der Waals surface area contributed by atoms with E-state index < -0.39 is 0 Å². The minimum Gasteiger partial charge on any atom is -0.300 e. The molecule has 0 bridgehead atoms. The summed E-state index contributed by atoms with van der Waals surface area (Å²) in [6, 6.07) is 22.4. The van der Waals surface area contributed by atoms with E-state index in [9.17, 15) is 0 Å². The van der Waals surface area contributed by atoms with Gasteiger partial charge in [-0.3, -0.25) is 4.90 Å². The summed E-state index contributed by atoms with van der Waals surface area (Å²) in [7, 11) is 0. The Morgan fingerprint density at radius 1 is 0.737 bits per heavy atom. The number of hydrogen-bond acceptors (Lipinski definition) is 1. The molecule has 3 rings (SSSR count). The lowest BCUT2D eigenvalue weighted by molar-refractivity contribution is 0.117. The fourth-order valence-corrected chi connectivity index (χ4v) is 2.81. The molecular weight excluding hydrogens is 230 g/mol. The molecule has 0 N–H and O–H groups in total. The molecule has 0 amide bonds. The molecule has 2 aromatic carbocycles. The molecule has 19 heavy (non-hydrogen) atoms. The molecular formula is C18H21N. The van der Waals surface area contributed by atoms with Crippen molar-refractivity contribution in [2.24, 2.45) is 0 Å². The highest BCUT2D eigenvalue weighted by Crippen LogP contribution is 2.19. The Labute approximate surface area is 115 Å². The van der Waals surface area contributed by atoms with Crippen LogP contribution in [0.1, 0.15) is 17.5 Å². The molecule has 0 aromatic heterocycles. The van der Waals surface area contributed by atoms with Crippen LogP contribution in [-0.2, 0) is 12.8 Å². The Kier molecular flexibility index (Phi) is 3.95. The van der Waals surface area contributed by atoms with Gasteiger partial charge in [-0.1, -0.05) is 60.7 Å². The number of likely N-dealkylation sites (tertiary alicyclic amines) is 1. The highest BCUT2D eigenvalue weighted by Gasteiger charge is 2.24. The van der Waals surface area contributed by atoms with E-state index in [2.05, 4.69) is 65.6 Å². The van der Waals surface area contributed by atoms with Gasteiger partial charge in [-0.25, -0.2) is 0 Å². The first kappa shape index (κ1) is 12.4. The first-order chi connectivity index (χ1) is 9.42. The number of hydrogen-bond donors (Lipinski definition) is 0. The van der Waals surface area contributed by atoms with Crippen LogP contribution in [0, 0.1) is 0 Å². The van der Waals surface area contributed by atoms with Gasteiger partial charge in [0.15, 0.2) is 0 Å². The Morgan fingerprint density at radius 3 is 1.58 bits per heavy atom. The van der Waals surface area contributed by atoms with E-state index in [0.29, 0.717) is 6.04 Å². The summed E-state index contributed by atoms with van der Waals surface area (Å²) in [4.78, 5) is 2.62. The third-order valence-corrected chi connectivity index (χ3v) is 4.04. The minimum atomic E-state index is 0.651. The molecule has 2 aromatic rings. The van der Waals surface area contributed by atoms with E-state index in [1.54, 1.807) is 0 Å². The molecule has 1 heteroatoms. The highest BCUT2D eigenvalue weighted by molar-refractivity contribution is 5.20. The average Bonchev–Trinajstić information content (AvgIpc) is 2.39. The van der Waals surface area contributed by atoms with Gasteiger partial charge >= 0.3 is 0 Å². The molecule has 0 radical (unpaired) electrons. The van der Waals surface area contributed by atoms with Gasteiger partial charge in [0.2, 0.25) is 0 Å². The third-order valence-electron chi connectivity index (χ3n) is 4.04. The molecule has 0 saturated carbocycles. The molecule has 98 valence electrons. The van der Waals surface area contributed by atoms with Gasteiger partial charge in [-0.15, -0.1) is 0 Å². The lowest BCUT2D eigenvalue weighted by Crippen LogP contribution is -2.47. The summed E-state index contributed by atoms with van der Waals surface area (Å²) >= 11 is 0. The van der Waals surface area contributed by atoms with Crippen molar-refractivity contribution in [3.05, 3.63) is 71.8 Å². The van der Waals surface area contributed by atoms with Crippen molar-refractivity contribution in [1.82, 2.24) is 4.90 Å². The van der Waals surface area contributed by atoms with Crippen LogP contribution in [0.5, 0.6) is 0 Å². The van der Waals surface area contributed by atoms with Crippen molar-refractivity contribution in [2.75, 3.05) is 13.1 Å². The molecule has 1 heterocycles. The Hall–Kier alpha value is -1.60. The third kappa shape index (κ3) is 3.24. The number of nitrogens with zero attached hydrogens (tertiary/aromatic N) is 1. The Bertz CT molecular complexity index is 446. The molecule has 0 aliphatic carbocycles. The zero-order chi connectivity index (χ0) is 12.9. The van der Waals surface area contributed by atoms with Crippen molar-refractivity contribution in [3.63, 3.8) is 0 Å². The van der Waals surface area contributed by atoms with Crippen molar-refractivity contribution in [2.45, 2.75) is 25.3 Å². The van der Waals surface area contributed by atoms with Crippen LogP contribution in [0.2, 0.25) is 0 Å². The fraction of sp³-hybridized carbons (Fsp3) is 0.333. The van der Waals surface area contributed by atoms with Crippen LogP contribution in [0.25, 0.3) is 0 Å². The van der Waals surface area contributed by atoms with Crippen LogP contribution in [-0.4, -0.2) is 24.0 Å². The summed E-state index contributed by atoms with van der Waals surface area (Å²) in [6.07, 6.45) is 3.69. The van der Waals surface area contributed by atoms with Gasteiger partial charge in [0.25, 0.3) is 0 Å². The molecule has 1 nitrogen and oxygen atoms in total. The standard InChI is InChI=1S/C18H21N/c1-3-8-16(9-4-1)14-18(19-12-7-13-19)15-17-10-5-2-6-11-17/h1-6,8-11,18H,7,12-15H2. The molecule has 1 fully saturated rings. The van der Waals surface area contributed by atoms with E-state index in [-0.39, 0.29) is 0 Å². The minimum absolute atomic E-state index is 0.651. The fourth-order valence-electron chi connectivity index (χ4n) is 2.81. The molecule has 1 saturated heterocycles. The maximum Gasteiger partial charge on any atom is 0.0176 e. The summed E-state index contributed by atoms with van der Waals surface area (Å²) < 4.78 is 0. The van der Waals surface area contributed by atoms with E-state index in [1.807, 2.05) is 0 Å². The van der Waals surface area contributed by atoms with Crippen molar-refractivity contribution in [3.8, 4) is 0 Å². The molecule has 0 atom stereocenters. The van der Waals surface area contributed by atoms with Crippen molar-refractivity contribution < 1.29 is 0 Å². The number of rotatable bonds is 5. The predicted octanol–water partition coefficient (Wildman–Crippen LogP) is 3.55. The van der Waals surface area contributed by atoms with E-state index in [0.717, 1.165) is 12.8 Å². The first-order valence-corrected chi connectivity index (χ1v) is 7.24. The summed E-state index contributed by atoms with van der Waals surface area (Å²) in [5.74, 6) is 0. The second-order valence-electron chi connectivity index (χ2n) is 5.42. The Balaban J connectivity index is 1.71. The lowest BCUT2D eigenvalue weighted by Gasteiger charge is -2.38. The summed E-state index contributed by atoms with van der Waals surface area (Å²) in [6.45, 7) is 2.54. The smallest absolute Gasteiger partial charge is 0.0176 e. The Morgan fingerprint density at radius 2 is 1.21 bits per heavy atom. The lowest BCUT2D eigenvalue weighted by atomic mass is 9.95. The van der Waals surface area contributed by atoms with Gasteiger partial charge in [0.1, 0.15) is 0 Å². The zero-order valence-corrected chi connectivity index (χ0v) is 11.3. The van der Waals surface area contributed by atoms with Crippen molar-refractivity contribution in [1.29, 1.82) is 0 Å². The largest absolute Gasteiger partial charge is 0.300 e. The molecule has 0 unspecified atom stereocenters. The van der Waals surface area contributed by atoms with Crippen LogP contribution in [0.15, 0.2) is 60.7 Å². The van der Waals surface area contributed by atoms with E-state index in [4.69, 9.17) is 0 Å². The van der Waals surface area contributed by atoms with Gasteiger partial charge in [-0.05, 0) is 43.5 Å².